The minimum Gasteiger partial charge on any atom is -0.478 e. The molecule has 0 saturated heterocycles. The highest BCUT2D eigenvalue weighted by atomic mass is 15.6. The van der Waals surface area contributed by atoms with E-state index in [9.17, 15) is 0 Å². The second kappa shape index (κ2) is 17.5. The van der Waals surface area contributed by atoms with Gasteiger partial charge in [0.05, 0.1) is 12.1 Å². The van der Waals surface area contributed by atoms with Crippen LogP contribution in [0.4, 0.5) is 45.5 Å². The summed E-state index contributed by atoms with van der Waals surface area (Å²) in [7, 11) is 0. The number of hydrogen-bond acceptors (Lipinski definition) is 3. The highest BCUT2D eigenvalue weighted by Gasteiger charge is 2.35. The molecule has 2 aliphatic heterocycles. The van der Waals surface area contributed by atoms with E-state index in [0.29, 0.717) is 0 Å². The number of nitrogens with zero attached hydrogens (tertiary/aromatic N) is 4. The van der Waals surface area contributed by atoms with Crippen LogP contribution in [0.3, 0.4) is 0 Å². The summed E-state index contributed by atoms with van der Waals surface area (Å²) in [6, 6.07) is 61.4. The molecule has 9 rings (SSSR count). The first kappa shape index (κ1) is 42.7. The van der Waals surface area contributed by atoms with Crippen LogP contribution in [0.25, 0.3) is 38.9 Å². The second-order valence-electron chi connectivity index (χ2n) is 19.8. The van der Waals surface area contributed by atoms with Gasteiger partial charge in [0.1, 0.15) is 5.69 Å². The number of fused-ring (bicyclic) bond motifs is 2. The van der Waals surface area contributed by atoms with Gasteiger partial charge in [-0.3, -0.25) is 0 Å². The van der Waals surface area contributed by atoms with Crippen molar-refractivity contribution in [2.75, 3.05) is 29.4 Å². The number of quaternary nitrogens is 1. The fourth-order valence-corrected chi connectivity index (χ4v) is 9.84. The molecule has 0 saturated carbocycles. The van der Waals surface area contributed by atoms with Crippen molar-refractivity contribution in [2.24, 2.45) is 10.8 Å². The Labute approximate surface area is 381 Å². The van der Waals surface area contributed by atoms with Gasteiger partial charge in [-0.15, -0.1) is 0 Å². The average Bonchev–Trinajstić information content (AvgIpc) is 3.29. The Hall–Kier alpha value is -6.56. The van der Waals surface area contributed by atoms with E-state index in [4.69, 9.17) is 5.43 Å². The minimum absolute atomic E-state index is 0.0653. The first-order chi connectivity index (χ1) is 30.9. The van der Waals surface area contributed by atoms with E-state index in [1.165, 1.54) is 54.7 Å². The zero-order valence-corrected chi connectivity index (χ0v) is 39.0. The monoisotopic (exact) mass is 842 g/mol. The normalized spacial score (nSPS) is 14.6. The van der Waals surface area contributed by atoms with Crippen LogP contribution in [0.15, 0.2) is 170 Å². The molecule has 1 N–H and O–H groups in total. The highest BCUT2D eigenvalue weighted by molar-refractivity contribution is 5.99. The van der Waals surface area contributed by atoms with Crippen molar-refractivity contribution in [1.29, 1.82) is 0 Å². The molecule has 1 unspecified atom stereocenters. The van der Waals surface area contributed by atoms with Crippen LogP contribution < -0.4 is 25.2 Å². The zero-order chi connectivity index (χ0) is 44.6. The van der Waals surface area contributed by atoms with Gasteiger partial charge >= 0.3 is 0 Å². The molecule has 0 spiro atoms. The van der Waals surface area contributed by atoms with Gasteiger partial charge < -0.3 is 25.1 Å². The van der Waals surface area contributed by atoms with Crippen LogP contribution in [0.1, 0.15) is 68.2 Å². The Bertz CT molecular complexity index is 2760. The Morgan fingerprint density at radius 2 is 0.891 bits per heavy atom. The van der Waals surface area contributed by atoms with E-state index >= 15 is 0 Å². The van der Waals surface area contributed by atoms with E-state index in [1.807, 2.05) is 0 Å². The van der Waals surface area contributed by atoms with Crippen molar-refractivity contribution in [1.82, 2.24) is 4.90 Å². The summed E-state index contributed by atoms with van der Waals surface area (Å²) in [5, 5.41) is 3.98. The number of anilines is 6. The maximum Gasteiger partial charge on any atom is 0.124 e. The van der Waals surface area contributed by atoms with Crippen molar-refractivity contribution in [3.63, 3.8) is 0 Å². The topological polar surface area (TPSA) is 28.3 Å². The Morgan fingerprint density at radius 3 is 1.27 bits per heavy atom. The largest absolute Gasteiger partial charge is 0.478 e. The third kappa shape index (κ3) is 8.45. The molecule has 0 bridgehead atoms. The lowest BCUT2D eigenvalue weighted by molar-refractivity contribution is -0.809. The highest BCUT2D eigenvalue weighted by Crippen LogP contribution is 2.47. The van der Waals surface area contributed by atoms with Crippen LogP contribution in [0, 0.1) is 10.8 Å². The predicted molar refractivity (Wildman–Crippen MR) is 272 cm³/mol. The van der Waals surface area contributed by atoms with Crippen molar-refractivity contribution in [2.45, 2.75) is 68.2 Å². The van der Waals surface area contributed by atoms with Crippen LogP contribution in [-0.4, -0.2) is 24.5 Å². The second-order valence-corrected chi connectivity index (χ2v) is 19.8. The fourth-order valence-electron chi connectivity index (χ4n) is 9.84. The van der Waals surface area contributed by atoms with Crippen LogP contribution >= 0.6 is 0 Å². The van der Waals surface area contributed by atoms with Crippen LogP contribution in [0.5, 0.6) is 0 Å². The van der Waals surface area contributed by atoms with E-state index in [2.05, 4.69) is 240 Å². The van der Waals surface area contributed by atoms with E-state index in [-0.39, 0.29) is 10.8 Å². The molecule has 2 heterocycles. The summed E-state index contributed by atoms with van der Waals surface area (Å²) in [6.07, 6.45) is 1.90. The van der Waals surface area contributed by atoms with E-state index in [1.54, 1.807) is 0 Å². The zero-order valence-electron chi connectivity index (χ0n) is 39.0. The number of rotatable bonds is 12. The average molecular weight is 842 g/mol. The van der Waals surface area contributed by atoms with Crippen molar-refractivity contribution in [3.8, 4) is 22.3 Å². The van der Waals surface area contributed by atoms with Gasteiger partial charge in [-0.25, -0.2) is 0 Å². The van der Waals surface area contributed by atoms with Crippen LogP contribution in [-0.2, 0) is 0 Å². The SMILES string of the molecule is CCC1=c2c(-c3ccc(N(c4ccccc4)c4ccccc4)cc3)c3c(c(-c4ccc(N(c5ccccc5)c5ccccc5)cc4)c2=C(CC)N(CC(C)(C)C)C1)[NH+](CC(C)(C)C)[N-]3. The van der Waals surface area contributed by atoms with Crippen molar-refractivity contribution in [3.05, 3.63) is 186 Å². The first-order valence-corrected chi connectivity index (χ1v) is 23.2. The predicted octanol–water partition coefficient (Wildman–Crippen LogP) is 13.9. The summed E-state index contributed by atoms with van der Waals surface area (Å²) < 4.78 is 0. The molecular formula is C59H63N5. The molecule has 5 heteroatoms. The number of hydrogen-bond donors (Lipinski definition) is 1. The number of para-hydroxylation sites is 4. The summed E-state index contributed by atoms with van der Waals surface area (Å²) in [5.41, 5.74) is 23.0. The molecule has 2 aliphatic rings. The number of benzene rings is 7. The molecule has 64 heavy (non-hydrogen) atoms. The molecule has 1 atom stereocenters. The lowest BCUT2D eigenvalue weighted by Crippen LogP contribution is -3.08. The third-order valence-corrected chi connectivity index (χ3v) is 12.4. The molecular weight excluding hydrogens is 779 g/mol. The Balaban J connectivity index is 1.29. The summed E-state index contributed by atoms with van der Waals surface area (Å²) in [4.78, 5) is 7.41. The van der Waals surface area contributed by atoms with Gasteiger partial charge in [-0.2, -0.15) is 0 Å². The Morgan fingerprint density at radius 1 is 0.484 bits per heavy atom. The number of nitrogens with one attached hydrogen (secondary N) is 1. The fraction of sp³-hybridized carbons (Fsp3) is 0.254. The Kier molecular flexibility index (Phi) is 11.7. The summed E-state index contributed by atoms with van der Waals surface area (Å²) in [5.74, 6) is 0. The molecule has 0 aromatic heterocycles. The van der Waals surface area contributed by atoms with Crippen molar-refractivity contribution < 1.29 is 5.01 Å². The molecule has 0 amide bonds. The molecule has 7 aromatic carbocycles. The van der Waals surface area contributed by atoms with Crippen LogP contribution in [0.2, 0.25) is 0 Å². The van der Waals surface area contributed by atoms with E-state index < -0.39 is 0 Å². The standard InChI is InChI=1S/C59H63N5/c1-9-42-39-61(40-58(3,4)5)51(10-2)55-52(42)53(43-31-35-49(36-32-43)63(45-23-15-11-16-24-45)46-25-17-12-18-26-46)56-57(62(60-56)41-59(6,7)8)54(55)44-33-37-50(38-34-44)64(47-27-19-13-20-28-47)48-29-21-14-22-30-48/h11-38,62H,9-10,39-41H2,1-8H3. The summed E-state index contributed by atoms with van der Waals surface area (Å²) in [6.45, 7) is 21.6. The first-order valence-electron chi connectivity index (χ1n) is 23.2. The van der Waals surface area contributed by atoms with Gasteiger partial charge in [0, 0.05) is 63.5 Å². The molecule has 5 nitrogen and oxygen atoms in total. The molecule has 0 radical (unpaired) electrons. The minimum atomic E-state index is 0.0653. The van der Waals surface area contributed by atoms with Gasteiger partial charge in [-0.1, -0.05) is 152 Å². The van der Waals surface area contributed by atoms with Crippen molar-refractivity contribution >= 4 is 56.8 Å². The maximum atomic E-state index is 5.58. The molecule has 324 valence electrons. The summed E-state index contributed by atoms with van der Waals surface area (Å²) >= 11 is 0. The lowest BCUT2D eigenvalue weighted by atomic mass is 9.83. The smallest absolute Gasteiger partial charge is 0.124 e. The molecule has 7 aromatic rings. The van der Waals surface area contributed by atoms with Gasteiger partial charge in [0.25, 0.3) is 0 Å². The molecule has 0 aliphatic carbocycles. The van der Waals surface area contributed by atoms with Gasteiger partial charge in [-0.05, 0) is 124 Å². The third-order valence-electron chi connectivity index (χ3n) is 12.4. The maximum absolute atomic E-state index is 5.58. The molecule has 0 fully saturated rings. The lowest BCUT2D eigenvalue weighted by Gasteiger charge is -2.50. The van der Waals surface area contributed by atoms with Gasteiger partial charge in [0.2, 0.25) is 0 Å². The van der Waals surface area contributed by atoms with E-state index in [0.717, 1.165) is 72.3 Å². The van der Waals surface area contributed by atoms with Gasteiger partial charge in [0.15, 0.2) is 0 Å². The quantitative estimate of drug-likeness (QED) is 0.133.